The Bertz CT molecular complexity index is 1030. The molecule has 1 aromatic heterocycles. The molecule has 0 bridgehead atoms. The molecule has 0 fully saturated rings. The highest BCUT2D eigenvalue weighted by molar-refractivity contribution is 14.0. The normalized spacial score (nSPS) is 10.7. The highest BCUT2D eigenvalue weighted by Gasteiger charge is 2.06. The van der Waals surface area contributed by atoms with Gasteiger partial charge in [-0.3, -0.25) is 9.79 Å². The number of halogens is 1. The van der Waals surface area contributed by atoms with Gasteiger partial charge in [0.05, 0.1) is 6.54 Å². The highest BCUT2D eigenvalue weighted by atomic mass is 127. The zero-order chi connectivity index (χ0) is 19.8. The van der Waals surface area contributed by atoms with Crippen LogP contribution in [0.4, 0.5) is 5.69 Å². The average molecular weight is 501 g/mol. The van der Waals surface area contributed by atoms with Crippen molar-refractivity contribution in [1.29, 1.82) is 0 Å². The number of aromatic amines is 1. The first kappa shape index (κ1) is 22.3. The van der Waals surface area contributed by atoms with Crippen LogP contribution < -0.4 is 16.0 Å². The molecule has 0 saturated heterocycles. The van der Waals surface area contributed by atoms with E-state index in [2.05, 4.69) is 44.0 Å². The van der Waals surface area contributed by atoms with Gasteiger partial charge in [0.15, 0.2) is 5.96 Å². The summed E-state index contributed by atoms with van der Waals surface area (Å²) in [6, 6.07) is 15.4. The largest absolute Gasteiger partial charge is 0.361 e. The molecule has 4 N–H and O–H groups in total. The van der Waals surface area contributed by atoms with Crippen LogP contribution in [-0.4, -0.2) is 37.0 Å². The Hall–Kier alpha value is -2.99. The van der Waals surface area contributed by atoms with Crippen LogP contribution in [0.15, 0.2) is 59.7 Å². The van der Waals surface area contributed by atoms with Gasteiger partial charge in [-0.15, -0.1) is 30.4 Å². The lowest BCUT2D eigenvalue weighted by molar-refractivity contribution is -0.115. The van der Waals surface area contributed by atoms with Crippen LogP contribution >= 0.6 is 24.0 Å². The molecule has 150 valence electrons. The van der Waals surface area contributed by atoms with Gasteiger partial charge in [0, 0.05) is 41.9 Å². The summed E-state index contributed by atoms with van der Waals surface area (Å²) in [6.45, 7) is 0.806. The maximum atomic E-state index is 12.1. The molecule has 0 atom stereocenters. The van der Waals surface area contributed by atoms with E-state index < -0.39 is 0 Å². The number of amides is 1. The first-order valence-electron chi connectivity index (χ1n) is 9.05. The van der Waals surface area contributed by atoms with E-state index in [1.165, 1.54) is 10.9 Å². The van der Waals surface area contributed by atoms with E-state index in [4.69, 9.17) is 6.42 Å². The minimum atomic E-state index is -0.172. The number of aliphatic imine (C=N–C) groups is 1. The Morgan fingerprint density at radius 2 is 2.00 bits per heavy atom. The van der Waals surface area contributed by atoms with Crippen molar-refractivity contribution in [3.05, 3.63) is 65.9 Å². The number of carbonyl (C=O) groups is 1. The molecule has 0 aliphatic rings. The molecule has 0 aliphatic heterocycles. The molecule has 1 amide bonds. The van der Waals surface area contributed by atoms with Gasteiger partial charge < -0.3 is 20.9 Å². The van der Waals surface area contributed by atoms with Crippen molar-refractivity contribution in [2.45, 2.75) is 6.42 Å². The fourth-order valence-corrected chi connectivity index (χ4v) is 2.93. The van der Waals surface area contributed by atoms with Gasteiger partial charge in [0.1, 0.15) is 0 Å². The second-order valence-corrected chi connectivity index (χ2v) is 6.24. The number of hydrogen-bond donors (Lipinski definition) is 4. The molecule has 0 radical (unpaired) electrons. The monoisotopic (exact) mass is 501 g/mol. The quantitative estimate of drug-likeness (QED) is 0.181. The summed E-state index contributed by atoms with van der Waals surface area (Å²) in [5.41, 5.74) is 3.76. The summed E-state index contributed by atoms with van der Waals surface area (Å²) in [6.07, 6.45) is 8.25. The topological polar surface area (TPSA) is 81.3 Å². The predicted molar refractivity (Wildman–Crippen MR) is 130 cm³/mol. The number of terminal acetylenes is 1. The summed E-state index contributed by atoms with van der Waals surface area (Å²) >= 11 is 0. The van der Waals surface area contributed by atoms with Crippen LogP contribution in [0, 0.1) is 12.3 Å². The number of fused-ring (bicyclic) bond motifs is 1. The van der Waals surface area contributed by atoms with Crippen LogP contribution in [0.3, 0.4) is 0 Å². The van der Waals surface area contributed by atoms with E-state index in [-0.39, 0.29) is 36.4 Å². The summed E-state index contributed by atoms with van der Waals surface area (Å²) in [5.74, 6) is 2.95. The molecule has 0 saturated carbocycles. The standard InChI is InChI=1S/C22H23N5O.HI/c1-3-16-7-6-8-18(13-16)27-21(28)15-26-22(23-2)24-12-11-17-14-25-20-10-5-4-9-19(17)20;/h1,4-10,13-14,25H,11-12,15H2,2H3,(H,27,28)(H2,23,24,26);1H. The molecule has 0 spiro atoms. The van der Waals surface area contributed by atoms with E-state index in [9.17, 15) is 4.79 Å². The highest BCUT2D eigenvalue weighted by Crippen LogP contribution is 2.17. The zero-order valence-corrected chi connectivity index (χ0v) is 18.5. The molecule has 7 heteroatoms. The minimum Gasteiger partial charge on any atom is -0.361 e. The Morgan fingerprint density at radius 1 is 1.17 bits per heavy atom. The molecule has 3 aromatic rings. The van der Waals surface area contributed by atoms with Crippen molar-refractivity contribution in [2.75, 3.05) is 25.5 Å². The number of anilines is 1. The first-order valence-corrected chi connectivity index (χ1v) is 9.05. The van der Waals surface area contributed by atoms with Crippen LogP contribution in [0.5, 0.6) is 0 Å². The molecular formula is C22H24IN5O. The lowest BCUT2D eigenvalue weighted by atomic mass is 10.1. The fourth-order valence-electron chi connectivity index (χ4n) is 2.93. The number of nitrogens with zero attached hydrogens (tertiary/aromatic N) is 1. The summed E-state index contributed by atoms with van der Waals surface area (Å²) < 4.78 is 0. The number of para-hydroxylation sites is 1. The van der Waals surface area contributed by atoms with Gasteiger partial charge in [0.25, 0.3) is 0 Å². The van der Waals surface area contributed by atoms with Gasteiger partial charge >= 0.3 is 0 Å². The van der Waals surface area contributed by atoms with E-state index in [1.54, 1.807) is 19.2 Å². The van der Waals surface area contributed by atoms with E-state index in [0.717, 1.165) is 17.5 Å². The van der Waals surface area contributed by atoms with Gasteiger partial charge in [-0.25, -0.2) is 0 Å². The van der Waals surface area contributed by atoms with Gasteiger partial charge in [-0.1, -0.05) is 30.2 Å². The molecule has 0 unspecified atom stereocenters. The van der Waals surface area contributed by atoms with Crippen molar-refractivity contribution >= 4 is 52.4 Å². The second kappa shape index (κ2) is 11.1. The summed E-state index contributed by atoms with van der Waals surface area (Å²) in [5, 5.41) is 10.3. The molecule has 1 heterocycles. The third-order valence-corrected chi connectivity index (χ3v) is 4.31. The third-order valence-electron chi connectivity index (χ3n) is 4.31. The molecule has 6 nitrogen and oxygen atoms in total. The Kier molecular flexibility index (Phi) is 8.55. The minimum absolute atomic E-state index is 0. The van der Waals surface area contributed by atoms with E-state index >= 15 is 0 Å². The Labute approximate surface area is 187 Å². The molecule has 2 aromatic carbocycles. The van der Waals surface area contributed by atoms with Crippen LogP contribution in [0.1, 0.15) is 11.1 Å². The summed E-state index contributed by atoms with van der Waals surface area (Å²) in [7, 11) is 1.68. The van der Waals surface area contributed by atoms with Gasteiger partial charge in [-0.2, -0.15) is 0 Å². The number of carbonyl (C=O) groups excluding carboxylic acids is 1. The smallest absolute Gasteiger partial charge is 0.243 e. The summed E-state index contributed by atoms with van der Waals surface area (Å²) in [4.78, 5) is 19.6. The number of guanidine groups is 1. The first-order chi connectivity index (χ1) is 13.7. The van der Waals surface area contributed by atoms with E-state index in [1.807, 2.05) is 30.5 Å². The van der Waals surface area contributed by atoms with Gasteiger partial charge in [0.2, 0.25) is 5.91 Å². The molecular weight excluding hydrogens is 477 g/mol. The van der Waals surface area contributed by atoms with Crippen LogP contribution in [0.25, 0.3) is 10.9 Å². The Morgan fingerprint density at radius 3 is 2.79 bits per heavy atom. The number of H-pyrrole nitrogens is 1. The maximum absolute atomic E-state index is 12.1. The number of nitrogens with one attached hydrogen (secondary N) is 4. The van der Waals surface area contributed by atoms with E-state index in [0.29, 0.717) is 18.2 Å². The van der Waals surface area contributed by atoms with Crippen LogP contribution in [0.2, 0.25) is 0 Å². The Balaban J connectivity index is 0.00000300. The second-order valence-electron chi connectivity index (χ2n) is 6.24. The number of aromatic nitrogens is 1. The van der Waals surface area contributed by atoms with Crippen molar-refractivity contribution in [2.24, 2.45) is 4.99 Å². The zero-order valence-electron chi connectivity index (χ0n) is 16.2. The van der Waals surface area contributed by atoms with Gasteiger partial charge in [-0.05, 0) is 36.2 Å². The van der Waals surface area contributed by atoms with Crippen molar-refractivity contribution < 1.29 is 4.79 Å². The molecule has 3 rings (SSSR count). The average Bonchev–Trinajstić information content (AvgIpc) is 3.14. The number of rotatable bonds is 6. The fraction of sp³-hybridized carbons (Fsp3) is 0.182. The lowest BCUT2D eigenvalue weighted by Gasteiger charge is -2.12. The number of hydrogen-bond acceptors (Lipinski definition) is 2. The maximum Gasteiger partial charge on any atom is 0.243 e. The number of benzene rings is 2. The molecule has 0 aliphatic carbocycles. The van der Waals surface area contributed by atoms with Crippen molar-refractivity contribution in [3.8, 4) is 12.3 Å². The SMILES string of the molecule is C#Cc1cccc(NC(=O)CNC(=NC)NCCc2c[nH]c3ccccc23)c1.I. The lowest BCUT2D eigenvalue weighted by Crippen LogP contribution is -2.42. The van der Waals surface area contributed by atoms with Crippen LogP contribution in [-0.2, 0) is 11.2 Å². The predicted octanol–water partition coefficient (Wildman–Crippen LogP) is 3.11. The molecule has 29 heavy (non-hydrogen) atoms. The van der Waals surface area contributed by atoms with Crippen molar-refractivity contribution in [3.63, 3.8) is 0 Å². The van der Waals surface area contributed by atoms with Crippen molar-refractivity contribution in [1.82, 2.24) is 15.6 Å². The third kappa shape index (κ3) is 6.26.